The zero-order valence-corrected chi connectivity index (χ0v) is 21.8. The number of carbonyl (C=O) groups excluding carboxylic acids is 2. The van der Waals surface area contributed by atoms with Crippen LogP contribution in [0.5, 0.6) is 11.5 Å². The van der Waals surface area contributed by atoms with E-state index in [-0.39, 0.29) is 37.2 Å². The van der Waals surface area contributed by atoms with Gasteiger partial charge in [-0.05, 0) is 37.6 Å². The summed E-state index contributed by atoms with van der Waals surface area (Å²) in [6.07, 6.45) is 1.05. The lowest BCUT2D eigenvalue weighted by Gasteiger charge is -2.44. The van der Waals surface area contributed by atoms with Crippen LogP contribution in [0.4, 0.5) is 8.78 Å². The van der Waals surface area contributed by atoms with Crippen molar-refractivity contribution in [2.24, 2.45) is 0 Å². The molecule has 1 saturated heterocycles. The summed E-state index contributed by atoms with van der Waals surface area (Å²) in [4.78, 5) is 28.1. The summed E-state index contributed by atoms with van der Waals surface area (Å²) >= 11 is 0. The predicted octanol–water partition coefficient (Wildman–Crippen LogP) is 4.30. The van der Waals surface area contributed by atoms with Crippen LogP contribution >= 0.6 is 0 Å². The molecule has 2 aromatic rings. The average molecular weight is 543 g/mol. The van der Waals surface area contributed by atoms with Crippen LogP contribution in [0, 0.1) is 5.41 Å². The molecule has 208 valence electrons. The lowest BCUT2D eigenvalue weighted by molar-refractivity contribution is -0.146. The number of guanidine groups is 1. The Morgan fingerprint density at radius 2 is 2.05 bits per heavy atom. The van der Waals surface area contributed by atoms with E-state index in [9.17, 15) is 18.4 Å². The van der Waals surface area contributed by atoms with E-state index in [4.69, 9.17) is 14.9 Å². The maximum atomic E-state index is 13.4. The van der Waals surface area contributed by atoms with Crippen LogP contribution in [-0.4, -0.2) is 54.1 Å². The van der Waals surface area contributed by atoms with Gasteiger partial charge in [-0.1, -0.05) is 25.1 Å². The fraction of sp³-hybridized carbons (Fsp3) is 0.464. The molecular weight excluding hydrogens is 510 g/mol. The molecular formula is C28H32F2N4O5. The Labute approximate surface area is 225 Å². The number of alkyl halides is 2. The highest BCUT2D eigenvalue weighted by Crippen LogP contribution is 2.39. The minimum atomic E-state index is -2.91. The Bertz CT molecular complexity index is 1250. The third kappa shape index (κ3) is 5.54. The molecule has 11 heteroatoms. The van der Waals surface area contributed by atoms with Crippen LogP contribution in [0.25, 0.3) is 0 Å². The second kappa shape index (κ2) is 10.8. The second-order valence-electron chi connectivity index (χ2n) is 10.4. The molecule has 0 unspecified atom stereocenters. The molecule has 0 bridgehead atoms. The van der Waals surface area contributed by atoms with E-state index in [1.54, 1.807) is 30.3 Å². The van der Waals surface area contributed by atoms with Crippen LogP contribution < -0.4 is 20.1 Å². The standard InChI is InChI=1S/C28H32F2N4O5/c1-3-28(2)14-24(35)34(27(31)33-28)21-10-11-37-22-9-8-16(12-19(21)22)25(36)32-20-13-17(15-38-26(29)30)39-23-7-5-4-6-18(20)23/h4-9,12,17,20-21,26H,3,10-11,13-15H2,1-2H3,(H2,31,33)(H,32,36)/t17-,20-,21+,28+/m0/s1. The molecule has 0 radical (unpaired) electrons. The first kappa shape index (κ1) is 26.9. The van der Waals surface area contributed by atoms with Crippen molar-refractivity contribution in [3.05, 3.63) is 59.2 Å². The molecule has 3 N–H and O–H groups in total. The third-order valence-electron chi connectivity index (χ3n) is 7.64. The van der Waals surface area contributed by atoms with Crippen LogP contribution in [0.1, 0.15) is 73.1 Å². The van der Waals surface area contributed by atoms with Gasteiger partial charge in [0.25, 0.3) is 5.91 Å². The monoisotopic (exact) mass is 542 g/mol. The van der Waals surface area contributed by atoms with Gasteiger partial charge in [0.1, 0.15) is 17.6 Å². The van der Waals surface area contributed by atoms with Crippen LogP contribution in [0.15, 0.2) is 42.5 Å². The van der Waals surface area contributed by atoms with Crippen molar-refractivity contribution in [1.29, 1.82) is 5.41 Å². The van der Waals surface area contributed by atoms with E-state index >= 15 is 0 Å². The molecule has 0 aliphatic carbocycles. The van der Waals surface area contributed by atoms with E-state index < -0.39 is 30.3 Å². The summed E-state index contributed by atoms with van der Waals surface area (Å²) in [5.74, 6) is 0.595. The number of carbonyl (C=O) groups is 2. The summed E-state index contributed by atoms with van der Waals surface area (Å²) in [6.45, 7) is 1.06. The molecule has 3 heterocycles. The Hall–Kier alpha value is -3.73. The number of ether oxygens (including phenoxy) is 3. The molecule has 0 saturated carbocycles. The fourth-order valence-corrected chi connectivity index (χ4v) is 5.42. The molecule has 3 aliphatic heterocycles. The minimum absolute atomic E-state index is 0.0409. The van der Waals surface area contributed by atoms with Gasteiger partial charge in [-0.15, -0.1) is 0 Å². The van der Waals surface area contributed by atoms with Gasteiger partial charge in [-0.25, -0.2) is 0 Å². The molecule has 0 aromatic heterocycles. The van der Waals surface area contributed by atoms with Crippen molar-refractivity contribution in [3.8, 4) is 11.5 Å². The summed E-state index contributed by atoms with van der Waals surface area (Å²) in [6, 6.07) is 11.3. The third-order valence-corrected chi connectivity index (χ3v) is 7.64. The van der Waals surface area contributed by atoms with Crippen molar-refractivity contribution in [2.75, 3.05) is 13.2 Å². The number of benzene rings is 2. The highest BCUT2D eigenvalue weighted by molar-refractivity contribution is 6.00. The molecule has 4 atom stereocenters. The van der Waals surface area contributed by atoms with Crippen molar-refractivity contribution in [3.63, 3.8) is 0 Å². The first-order chi connectivity index (χ1) is 18.7. The molecule has 3 aliphatic rings. The number of hydrogen-bond donors (Lipinski definition) is 3. The first-order valence-corrected chi connectivity index (χ1v) is 13.1. The van der Waals surface area contributed by atoms with Gasteiger partial charge < -0.3 is 24.8 Å². The Kier molecular flexibility index (Phi) is 7.44. The van der Waals surface area contributed by atoms with Gasteiger partial charge in [0.15, 0.2) is 5.96 Å². The SMILES string of the molecule is CC[C@]1(C)CC(=O)N([C@@H]2CCOc3ccc(C(=O)N[C@H]4C[C@@H](COC(F)F)Oc5ccccc54)cc32)C(=N)N1. The van der Waals surface area contributed by atoms with Crippen molar-refractivity contribution in [2.45, 2.75) is 69.9 Å². The quantitative estimate of drug-likeness (QED) is 0.481. The van der Waals surface area contributed by atoms with E-state index in [1.165, 1.54) is 4.90 Å². The zero-order chi connectivity index (χ0) is 27.7. The Morgan fingerprint density at radius 1 is 1.26 bits per heavy atom. The van der Waals surface area contributed by atoms with Crippen LogP contribution in [0.2, 0.25) is 0 Å². The maximum absolute atomic E-state index is 13.4. The van der Waals surface area contributed by atoms with Crippen molar-refractivity contribution >= 4 is 17.8 Å². The number of halogens is 2. The summed E-state index contributed by atoms with van der Waals surface area (Å²) in [5.41, 5.74) is 1.29. The minimum Gasteiger partial charge on any atom is -0.493 e. The zero-order valence-electron chi connectivity index (χ0n) is 21.8. The van der Waals surface area contributed by atoms with Crippen LogP contribution in [-0.2, 0) is 9.53 Å². The molecule has 2 aromatic carbocycles. The van der Waals surface area contributed by atoms with Gasteiger partial charge >= 0.3 is 6.61 Å². The van der Waals surface area contributed by atoms with Gasteiger partial charge in [0.05, 0.1) is 31.7 Å². The molecule has 2 amide bonds. The molecule has 39 heavy (non-hydrogen) atoms. The van der Waals surface area contributed by atoms with E-state index in [2.05, 4.69) is 15.4 Å². The van der Waals surface area contributed by atoms with E-state index in [0.29, 0.717) is 42.1 Å². The normalized spacial score (nSPS) is 26.2. The molecule has 0 spiro atoms. The highest BCUT2D eigenvalue weighted by Gasteiger charge is 2.42. The number of fused-ring (bicyclic) bond motifs is 2. The van der Waals surface area contributed by atoms with Crippen molar-refractivity contribution in [1.82, 2.24) is 15.5 Å². The summed E-state index contributed by atoms with van der Waals surface area (Å²) in [5, 5.41) is 14.8. The number of nitrogens with zero attached hydrogens (tertiary/aromatic N) is 1. The second-order valence-corrected chi connectivity index (χ2v) is 10.4. The van der Waals surface area contributed by atoms with Gasteiger partial charge in [-0.3, -0.25) is 19.9 Å². The number of rotatable bonds is 7. The van der Waals surface area contributed by atoms with Gasteiger partial charge in [-0.2, -0.15) is 8.78 Å². The van der Waals surface area contributed by atoms with E-state index in [0.717, 1.165) is 5.56 Å². The first-order valence-electron chi connectivity index (χ1n) is 13.1. The molecule has 5 rings (SSSR count). The number of nitrogens with one attached hydrogen (secondary N) is 3. The molecule has 1 fully saturated rings. The van der Waals surface area contributed by atoms with Gasteiger partial charge in [0, 0.05) is 35.1 Å². The smallest absolute Gasteiger partial charge is 0.345 e. The lowest BCUT2D eigenvalue weighted by atomic mass is 9.89. The Morgan fingerprint density at radius 3 is 2.79 bits per heavy atom. The van der Waals surface area contributed by atoms with Gasteiger partial charge in [0.2, 0.25) is 5.91 Å². The topological polar surface area (TPSA) is 113 Å². The fourth-order valence-electron chi connectivity index (χ4n) is 5.42. The maximum Gasteiger partial charge on any atom is 0.345 e. The largest absolute Gasteiger partial charge is 0.493 e. The van der Waals surface area contributed by atoms with E-state index in [1.807, 2.05) is 26.0 Å². The number of amides is 2. The molecule has 9 nitrogen and oxygen atoms in total. The number of hydrogen-bond acceptors (Lipinski definition) is 6. The summed E-state index contributed by atoms with van der Waals surface area (Å²) in [7, 11) is 0. The van der Waals surface area contributed by atoms with Crippen molar-refractivity contribution < 1.29 is 32.6 Å². The summed E-state index contributed by atoms with van der Waals surface area (Å²) < 4.78 is 41.3. The average Bonchev–Trinajstić information content (AvgIpc) is 2.91. The van der Waals surface area contributed by atoms with Crippen LogP contribution in [0.3, 0.4) is 0 Å². The predicted molar refractivity (Wildman–Crippen MR) is 138 cm³/mol. The number of para-hydroxylation sites is 1. The Balaban J connectivity index is 1.37. The highest BCUT2D eigenvalue weighted by atomic mass is 19.3. The lowest BCUT2D eigenvalue weighted by Crippen LogP contribution is -2.61.